The fourth-order valence-electron chi connectivity index (χ4n) is 7.67. The van der Waals surface area contributed by atoms with Crippen molar-refractivity contribution < 1.29 is 4.42 Å². The lowest BCUT2D eigenvalue weighted by Gasteiger charge is -2.16. The second kappa shape index (κ2) is 10.2. The van der Waals surface area contributed by atoms with Gasteiger partial charge in [0.25, 0.3) is 0 Å². The lowest BCUT2D eigenvalue weighted by atomic mass is 9.97. The Kier molecular flexibility index (Phi) is 5.64. The van der Waals surface area contributed by atoms with Gasteiger partial charge in [-0.3, -0.25) is 0 Å². The summed E-state index contributed by atoms with van der Waals surface area (Å²) in [4.78, 5) is 0. The molecule has 5 heteroatoms. The van der Waals surface area contributed by atoms with E-state index in [2.05, 4.69) is 130 Å². The molecule has 10 aromatic rings. The molecule has 0 bridgehead atoms. The van der Waals surface area contributed by atoms with Gasteiger partial charge >= 0.3 is 0 Å². The Hall–Kier alpha value is -7.08. The molecule has 0 amide bonds. The van der Waals surface area contributed by atoms with Crippen LogP contribution in [0.15, 0.2) is 150 Å². The molecule has 0 atom stereocenters. The molecule has 0 unspecified atom stereocenters. The van der Waals surface area contributed by atoms with Crippen LogP contribution in [0.2, 0.25) is 0 Å². The van der Waals surface area contributed by atoms with E-state index in [9.17, 15) is 10.5 Å². The summed E-state index contributed by atoms with van der Waals surface area (Å²) >= 11 is 0. The van der Waals surface area contributed by atoms with Crippen LogP contribution in [-0.4, -0.2) is 9.13 Å². The number of nitriles is 2. The Morgan fingerprint density at radius 2 is 1.06 bits per heavy atom. The molecule has 0 aliphatic carbocycles. The van der Waals surface area contributed by atoms with Crippen LogP contribution in [0.3, 0.4) is 0 Å². The second-order valence-electron chi connectivity index (χ2n) is 12.4. The number of para-hydroxylation sites is 4. The average Bonchev–Trinajstić information content (AvgIpc) is 3.82. The van der Waals surface area contributed by atoms with Crippen LogP contribution in [0, 0.1) is 22.7 Å². The van der Waals surface area contributed by atoms with Crippen LogP contribution in [0.1, 0.15) is 11.1 Å². The molecule has 3 aromatic heterocycles. The van der Waals surface area contributed by atoms with Crippen LogP contribution in [-0.2, 0) is 0 Å². The number of furan rings is 1. The standard InChI is InChI=1S/C44H24N4O/c45-25-27-17-18-28(26-46)37(21-27)29-22-30(47-38-13-5-1-9-32(38)33-10-2-6-14-39(33)47)24-31(23-29)48-40-15-7-3-12-36(40)43-41(48)20-19-35-34-11-4-8-16-42(34)49-44(35)43/h1-24H. The molecule has 0 radical (unpaired) electrons. The van der Waals surface area contributed by atoms with Gasteiger partial charge in [-0.2, -0.15) is 10.5 Å². The normalized spacial score (nSPS) is 11.6. The van der Waals surface area contributed by atoms with Crippen molar-refractivity contribution >= 4 is 65.6 Å². The monoisotopic (exact) mass is 624 g/mol. The second-order valence-corrected chi connectivity index (χ2v) is 12.4. The van der Waals surface area contributed by atoms with Crippen molar-refractivity contribution in [3.8, 4) is 34.6 Å². The number of nitrogens with zero attached hydrogens (tertiary/aromatic N) is 4. The van der Waals surface area contributed by atoms with E-state index in [4.69, 9.17) is 4.42 Å². The molecule has 10 rings (SSSR count). The maximum Gasteiger partial charge on any atom is 0.145 e. The largest absolute Gasteiger partial charge is 0.455 e. The van der Waals surface area contributed by atoms with Crippen LogP contribution < -0.4 is 0 Å². The van der Waals surface area contributed by atoms with Crippen LogP contribution in [0.5, 0.6) is 0 Å². The summed E-state index contributed by atoms with van der Waals surface area (Å²) in [6, 6.07) is 54.2. The number of rotatable bonds is 3. The number of benzene rings is 7. The number of hydrogen-bond acceptors (Lipinski definition) is 3. The minimum absolute atomic E-state index is 0.502. The SMILES string of the molecule is N#Cc1ccc(C#N)c(-c2cc(-n3c4ccccc4c4ccccc43)cc(-n3c4ccccc4c4c5oc6ccccc6c5ccc43)c2)c1. The van der Waals surface area contributed by atoms with E-state index < -0.39 is 0 Å². The van der Waals surface area contributed by atoms with Crippen molar-refractivity contribution in [2.45, 2.75) is 0 Å². The van der Waals surface area contributed by atoms with Gasteiger partial charge in [0.15, 0.2) is 0 Å². The third-order valence-corrected chi connectivity index (χ3v) is 9.76. The highest BCUT2D eigenvalue weighted by Crippen LogP contribution is 2.42. The van der Waals surface area contributed by atoms with Crippen LogP contribution >= 0.6 is 0 Å². The summed E-state index contributed by atoms with van der Waals surface area (Å²) in [5.41, 5.74) is 10.4. The first kappa shape index (κ1) is 27.1. The van der Waals surface area contributed by atoms with E-state index in [0.717, 1.165) is 71.7 Å². The van der Waals surface area contributed by atoms with Crippen molar-refractivity contribution in [2.75, 3.05) is 0 Å². The molecular weight excluding hydrogens is 601 g/mol. The van der Waals surface area contributed by atoms with E-state index in [1.54, 1.807) is 12.1 Å². The van der Waals surface area contributed by atoms with Crippen molar-refractivity contribution in [2.24, 2.45) is 0 Å². The van der Waals surface area contributed by atoms with Crippen LogP contribution in [0.25, 0.3) is 88.1 Å². The summed E-state index contributed by atoms with van der Waals surface area (Å²) in [7, 11) is 0. The molecule has 3 heterocycles. The minimum atomic E-state index is 0.502. The maximum atomic E-state index is 10.2. The Morgan fingerprint density at radius 3 is 1.73 bits per heavy atom. The molecule has 0 aliphatic heterocycles. The Labute approximate surface area is 280 Å². The zero-order chi connectivity index (χ0) is 32.6. The predicted octanol–water partition coefficient (Wildman–Crippen LogP) is 11.2. The molecule has 0 fully saturated rings. The smallest absolute Gasteiger partial charge is 0.145 e. The third kappa shape index (κ3) is 3.85. The number of fused-ring (bicyclic) bond motifs is 10. The Morgan fingerprint density at radius 1 is 0.469 bits per heavy atom. The molecule has 0 saturated carbocycles. The summed E-state index contributed by atoms with van der Waals surface area (Å²) in [6.45, 7) is 0. The Bertz CT molecular complexity index is 3030. The van der Waals surface area contributed by atoms with E-state index in [1.165, 1.54) is 10.8 Å². The zero-order valence-corrected chi connectivity index (χ0v) is 26.1. The zero-order valence-electron chi connectivity index (χ0n) is 26.1. The molecular formula is C44H24N4O. The molecule has 0 aliphatic rings. The van der Waals surface area contributed by atoms with Gasteiger partial charge < -0.3 is 13.6 Å². The first-order valence-corrected chi connectivity index (χ1v) is 16.1. The molecule has 5 nitrogen and oxygen atoms in total. The lowest BCUT2D eigenvalue weighted by molar-refractivity contribution is 0.673. The van der Waals surface area contributed by atoms with Crippen molar-refractivity contribution in [3.05, 3.63) is 157 Å². The van der Waals surface area contributed by atoms with Crippen molar-refractivity contribution in [1.82, 2.24) is 9.13 Å². The molecule has 226 valence electrons. The summed E-state index contributed by atoms with van der Waals surface area (Å²) in [6.07, 6.45) is 0. The molecule has 7 aromatic carbocycles. The predicted molar refractivity (Wildman–Crippen MR) is 197 cm³/mol. The van der Waals surface area contributed by atoms with Gasteiger partial charge in [0.1, 0.15) is 11.2 Å². The fraction of sp³-hybridized carbons (Fsp3) is 0. The van der Waals surface area contributed by atoms with Crippen molar-refractivity contribution in [1.29, 1.82) is 10.5 Å². The van der Waals surface area contributed by atoms with Crippen molar-refractivity contribution in [3.63, 3.8) is 0 Å². The van der Waals surface area contributed by atoms with E-state index >= 15 is 0 Å². The summed E-state index contributed by atoms with van der Waals surface area (Å²) < 4.78 is 11.2. The van der Waals surface area contributed by atoms with Gasteiger partial charge in [-0.05, 0) is 78.4 Å². The Balaban J connectivity index is 1.36. The fourth-order valence-corrected chi connectivity index (χ4v) is 7.67. The first-order chi connectivity index (χ1) is 24.2. The molecule has 0 N–H and O–H groups in total. The van der Waals surface area contributed by atoms with Gasteiger partial charge in [0.05, 0.1) is 50.7 Å². The molecule has 0 saturated heterocycles. The highest BCUT2D eigenvalue weighted by molar-refractivity contribution is 6.24. The van der Waals surface area contributed by atoms with E-state index in [-0.39, 0.29) is 0 Å². The van der Waals surface area contributed by atoms with Gasteiger partial charge in [-0.1, -0.05) is 72.8 Å². The van der Waals surface area contributed by atoms with Gasteiger partial charge in [-0.25, -0.2) is 0 Å². The van der Waals surface area contributed by atoms with Crippen LogP contribution in [0.4, 0.5) is 0 Å². The summed E-state index contributed by atoms with van der Waals surface area (Å²) in [5.74, 6) is 0. The number of hydrogen-bond donors (Lipinski definition) is 0. The maximum absolute atomic E-state index is 10.2. The highest BCUT2D eigenvalue weighted by Gasteiger charge is 2.21. The first-order valence-electron chi connectivity index (χ1n) is 16.1. The topological polar surface area (TPSA) is 70.6 Å². The van der Waals surface area contributed by atoms with Gasteiger partial charge in [-0.15, -0.1) is 0 Å². The average molecular weight is 625 g/mol. The van der Waals surface area contributed by atoms with Gasteiger partial charge in [0.2, 0.25) is 0 Å². The molecule has 49 heavy (non-hydrogen) atoms. The van der Waals surface area contributed by atoms with E-state index in [0.29, 0.717) is 16.7 Å². The summed E-state index contributed by atoms with van der Waals surface area (Å²) in [5, 5.41) is 26.7. The lowest BCUT2D eigenvalue weighted by Crippen LogP contribution is -2.00. The van der Waals surface area contributed by atoms with Gasteiger partial charge in [0, 0.05) is 43.9 Å². The van der Waals surface area contributed by atoms with E-state index in [1.807, 2.05) is 24.3 Å². The molecule has 0 spiro atoms. The number of aromatic nitrogens is 2. The third-order valence-electron chi connectivity index (χ3n) is 9.76. The quantitative estimate of drug-likeness (QED) is 0.196. The minimum Gasteiger partial charge on any atom is -0.455 e. The highest BCUT2D eigenvalue weighted by atomic mass is 16.3.